The van der Waals surface area contributed by atoms with Crippen LogP contribution in [0.1, 0.15) is 73.2 Å². The average molecular weight is 570 g/mol. The fraction of sp³-hybridized carbons (Fsp3) is 0.536. The van der Waals surface area contributed by atoms with E-state index in [2.05, 4.69) is 10.2 Å². The predicted molar refractivity (Wildman–Crippen MR) is 147 cm³/mol. The third-order valence-corrected chi connectivity index (χ3v) is 7.50. The SMILES string of the molecule is O=C(NCc1ccc(C2OC(CN3CCCCCCC3)CC(c3ccc(CO)cc3)O2)cc1)C(Cl)(Cl)Cl. The summed E-state index contributed by atoms with van der Waals surface area (Å²) in [5, 5.41) is 12.0. The molecule has 9 heteroatoms. The highest BCUT2D eigenvalue weighted by Crippen LogP contribution is 2.38. The number of aliphatic hydroxyl groups excluding tert-OH is 1. The third kappa shape index (κ3) is 8.56. The number of carbonyl (C=O) groups excluding carboxylic acids is 1. The highest BCUT2D eigenvalue weighted by Gasteiger charge is 2.33. The van der Waals surface area contributed by atoms with Crippen molar-refractivity contribution in [3.05, 3.63) is 70.8 Å². The Morgan fingerprint density at radius 2 is 1.49 bits per heavy atom. The van der Waals surface area contributed by atoms with Crippen LogP contribution in [-0.4, -0.2) is 45.4 Å². The molecule has 6 nitrogen and oxygen atoms in total. The number of carbonyl (C=O) groups is 1. The van der Waals surface area contributed by atoms with Gasteiger partial charge in [-0.1, -0.05) is 103 Å². The second-order valence-corrected chi connectivity index (χ2v) is 12.1. The van der Waals surface area contributed by atoms with Gasteiger partial charge in [0.25, 0.3) is 9.70 Å². The second kappa shape index (κ2) is 13.6. The van der Waals surface area contributed by atoms with Gasteiger partial charge in [-0.2, -0.15) is 0 Å². The van der Waals surface area contributed by atoms with E-state index in [1.165, 1.54) is 32.1 Å². The number of nitrogens with zero attached hydrogens (tertiary/aromatic N) is 1. The minimum Gasteiger partial charge on any atom is -0.392 e. The monoisotopic (exact) mass is 568 g/mol. The van der Waals surface area contributed by atoms with Crippen molar-refractivity contribution in [2.24, 2.45) is 0 Å². The number of halogens is 3. The van der Waals surface area contributed by atoms with E-state index in [0.717, 1.165) is 48.3 Å². The Hall–Kier alpha value is -1.38. The second-order valence-electron chi connectivity index (χ2n) is 9.84. The van der Waals surface area contributed by atoms with Crippen LogP contribution in [0, 0.1) is 0 Å². The molecule has 3 unspecified atom stereocenters. The summed E-state index contributed by atoms with van der Waals surface area (Å²) >= 11 is 16.9. The first-order valence-corrected chi connectivity index (χ1v) is 14.1. The van der Waals surface area contributed by atoms with Gasteiger partial charge in [-0.3, -0.25) is 4.79 Å². The van der Waals surface area contributed by atoms with Crippen molar-refractivity contribution in [1.29, 1.82) is 0 Å². The number of nitrogens with one attached hydrogen (secondary N) is 1. The average Bonchev–Trinajstić information content (AvgIpc) is 2.88. The van der Waals surface area contributed by atoms with Crippen molar-refractivity contribution < 1.29 is 19.4 Å². The molecule has 0 aliphatic carbocycles. The maximum absolute atomic E-state index is 11.8. The van der Waals surface area contributed by atoms with Gasteiger partial charge in [0.2, 0.25) is 0 Å². The Labute approximate surface area is 234 Å². The van der Waals surface area contributed by atoms with E-state index in [4.69, 9.17) is 44.3 Å². The van der Waals surface area contributed by atoms with Gasteiger partial charge in [-0.05, 0) is 42.6 Å². The summed E-state index contributed by atoms with van der Waals surface area (Å²) in [5.41, 5.74) is 3.73. The van der Waals surface area contributed by atoms with Crippen LogP contribution in [0.3, 0.4) is 0 Å². The molecule has 4 rings (SSSR count). The Morgan fingerprint density at radius 3 is 2.11 bits per heavy atom. The zero-order chi connectivity index (χ0) is 26.3. The molecule has 0 aromatic heterocycles. The summed E-state index contributed by atoms with van der Waals surface area (Å²) in [6.45, 7) is 3.36. The summed E-state index contributed by atoms with van der Waals surface area (Å²) in [5.74, 6) is -0.664. The first-order valence-electron chi connectivity index (χ1n) is 13.0. The number of amides is 1. The predicted octanol–water partition coefficient (Wildman–Crippen LogP) is 5.98. The van der Waals surface area contributed by atoms with Gasteiger partial charge < -0.3 is 24.8 Å². The van der Waals surface area contributed by atoms with Crippen LogP contribution in [0.15, 0.2) is 48.5 Å². The Balaban J connectivity index is 1.46. The van der Waals surface area contributed by atoms with Crippen LogP contribution < -0.4 is 5.32 Å². The molecule has 2 heterocycles. The fourth-order valence-corrected chi connectivity index (χ4v) is 5.09. The lowest BCUT2D eigenvalue weighted by Gasteiger charge is -2.38. The van der Waals surface area contributed by atoms with E-state index in [1.807, 2.05) is 48.5 Å². The summed E-state index contributed by atoms with van der Waals surface area (Å²) in [7, 11) is 0. The van der Waals surface area contributed by atoms with E-state index in [1.54, 1.807) is 0 Å². The van der Waals surface area contributed by atoms with Gasteiger partial charge in [0.05, 0.1) is 18.8 Å². The highest BCUT2D eigenvalue weighted by molar-refractivity contribution is 6.76. The molecule has 0 saturated carbocycles. The minimum atomic E-state index is -1.99. The minimum absolute atomic E-state index is 0.0175. The summed E-state index contributed by atoms with van der Waals surface area (Å²) < 4.78 is 11.0. The molecule has 3 atom stereocenters. The van der Waals surface area contributed by atoms with Crippen molar-refractivity contribution in [3.63, 3.8) is 0 Å². The van der Waals surface area contributed by atoms with Crippen molar-refractivity contribution in [2.75, 3.05) is 19.6 Å². The fourth-order valence-electron chi connectivity index (χ4n) is 4.89. The zero-order valence-electron chi connectivity index (χ0n) is 20.9. The summed E-state index contributed by atoms with van der Waals surface area (Å²) in [4.78, 5) is 14.4. The smallest absolute Gasteiger partial charge is 0.272 e. The molecule has 2 saturated heterocycles. The molecular weight excluding hydrogens is 535 g/mol. The molecule has 2 aromatic rings. The standard InChI is InChI=1S/C28H35Cl3N2O4/c29-28(30,31)27(35)32-17-20-6-12-23(13-7-20)26-36-24(18-33-14-4-2-1-3-5-15-33)16-25(37-26)22-10-8-21(19-34)9-11-22/h6-13,24-26,34H,1-5,14-19H2,(H,32,35). The summed E-state index contributed by atoms with van der Waals surface area (Å²) in [6, 6.07) is 15.7. The number of ether oxygens (including phenoxy) is 2. The molecular formula is C28H35Cl3N2O4. The molecule has 2 aliphatic rings. The number of hydrogen-bond acceptors (Lipinski definition) is 5. The number of hydrogen-bond donors (Lipinski definition) is 2. The lowest BCUT2D eigenvalue weighted by atomic mass is 9.99. The van der Waals surface area contributed by atoms with Gasteiger partial charge in [0.15, 0.2) is 6.29 Å². The van der Waals surface area contributed by atoms with E-state index in [-0.39, 0.29) is 25.4 Å². The Morgan fingerprint density at radius 1 is 0.892 bits per heavy atom. The van der Waals surface area contributed by atoms with Crippen molar-refractivity contribution in [3.8, 4) is 0 Å². The molecule has 37 heavy (non-hydrogen) atoms. The van der Waals surface area contributed by atoms with Crippen LogP contribution in [0.2, 0.25) is 0 Å². The van der Waals surface area contributed by atoms with Gasteiger partial charge in [-0.15, -0.1) is 0 Å². The molecule has 2 fully saturated rings. The molecule has 0 spiro atoms. The summed E-state index contributed by atoms with van der Waals surface area (Å²) in [6.07, 6.45) is 6.56. The molecule has 2 aromatic carbocycles. The van der Waals surface area contributed by atoms with Crippen molar-refractivity contribution in [1.82, 2.24) is 10.2 Å². The van der Waals surface area contributed by atoms with Gasteiger partial charge in [-0.25, -0.2) is 0 Å². The van der Waals surface area contributed by atoms with Crippen LogP contribution in [0.4, 0.5) is 0 Å². The van der Waals surface area contributed by atoms with E-state index in [9.17, 15) is 9.90 Å². The van der Waals surface area contributed by atoms with Crippen molar-refractivity contribution >= 4 is 40.7 Å². The molecule has 0 radical (unpaired) electrons. The van der Waals surface area contributed by atoms with Crippen molar-refractivity contribution in [2.45, 2.75) is 74.0 Å². The van der Waals surface area contributed by atoms with E-state index in [0.29, 0.717) is 0 Å². The Kier molecular flexibility index (Phi) is 10.5. The number of likely N-dealkylation sites (tertiary alicyclic amines) is 1. The largest absolute Gasteiger partial charge is 0.392 e. The first kappa shape index (κ1) is 28.6. The molecule has 1 amide bonds. The van der Waals surface area contributed by atoms with Crippen LogP contribution in [0.5, 0.6) is 0 Å². The quantitative estimate of drug-likeness (QED) is 0.402. The van der Waals surface area contributed by atoms with Crippen LogP contribution in [-0.2, 0) is 27.4 Å². The van der Waals surface area contributed by atoms with Gasteiger partial charge >= 0.3 is 0 Å². The van der Waals surface area contributed by atoms with Gasteiger partial charge in [0, 0.05) is 25.1 Å². The first-order chi connectivity index (χ1) is 17.8. The number of alkyl halides is 3. The number of rotatable bonds is 7. The van der Waals surface area contributed by atoms with Crippen LogP contribution in [0.25, 0.3) is 0 Å². The lowest BCUT2D eigenvalue weighted by molar-refractivity contribution is -0.253. The lowest BCUT2D eigenvalue weighted by Crippen LogP contribution is -2.40. The van der Waals surface area contributed by atoms with E-state index < -0.39 is 16.0 Å². The topological polar surface area (TPSA) is 71.0 Å². The zero-order valence-corrected chi connectivity index (χ0v) is 23.1. The maximum Gasteiger partial charge on any atom is 0.272 e. The normalized spacial score (nSPS) is 23.7. The van der Waals surface area contributed by atoms with E-state index >= 15 is 0 Å². The maximum atomic E-state index is 11.8. The highest BCUT2D eigenvalue weighted by atomic mass is 35.6. The number of aliphatic hydroxyl groups is 1. The molecule has 2 aliphatic heterocycles. The molecule has 0 bridgehead atoms. The number of benzene rings is 2. The van der Waals surface area contributed by atoms with Gasteiger partial charge in [0.1, 0.15) is 0 Å². The molecule has 202 valence electrons. The Bertz CT molecular complexity index is 990. The third-order valence-electron chi connectivity index (χ3n) is 6.99. The van der Waals surface area contributed by atoms with Crippen LogP contribution >= 0.6 is 34.8 Å². The molecule has 2 N–H and O–H groups in total.